The van der Waals surface area contributed by atoms with Gasteiger partial charge in [-0.25, -0.2) is 0 Å². The molecule has 0 aliphatic carbocycles. The van der Waals surface area contributed by atoms with E-state index in [2.05, 4.69) is 15.1 Å². The van der Waals surface area contributed by atoms with E-state index in [0.717, 1.165) is 5.56 Å². The van der Waals surface area contributed by atoms with Gasteiger partial charge < -0.3 is 9.26 Å². The van der Waals surface area contributed by atoms with Gasteiger partial charge in [-0.05, 0) is 24.6 Å². The van der Waals surface area contributed by atoms with Crippen molar-refractivity contribution in [3.63, 3.8) is 0 Å². The van der Waals surface area contributed by atoms with E-state index in [1.54, 1.807) is 12.4 Å². The molecule has 0 aliphatic rings. The van der Waals surface area contributed by atoms with Gasteiger partial charge in [0.25, 0.3) is 5.89 Å². The Balaban J connectivity index is 1.97. The second kappa shape index (κ2) is 5.48. The first-order valence-electron chi connectivity index (χ1n) is 6.31. The van der Waals surface area contributed by atoms with E-state index in [0.29, 0.717) is 18.3 Å². The molecule has 0 amide bonds. The number of aromatic nitrogens is 3. The zero-order valence-electron chi connectivity index (χ0n) is 11.8. The third kappa shape index (κ3) is 3.61. The van der Waals surface area contributed by atoms with E-state index in [-0.39, 0.29) is 11.5 Å². The summed E-state index contributed by atoms with van der Waals surface area (Å²) in [5.41, 5.74) is 0.949. The van der Waals surface area contributed by atoms with Crippen LogP contribution in [0.4, 0.5) is 0 Å². The van der Waals surface area contributed by atoms with Gasteiger partial charge >= 0.3 is 0 Å². The smallest absolute Gasteiger partial charge is 0.255 e. The van der Waals surface area contributed by atoms with Crippen molar-refractivity contribution in [3.8, 4) is 0 Å². The average Bonchev–Trinajstić information content (AvgIpc) is 2.87. The van der Waals surface area contributed by atoms with Gasteiger partial charge in [-0.1, -0.05) is 25.9 Å². The lowest BCUT2D eigenvalue weighted by Gasteiger charge is -2.11. The van der Waals surface area contributed by atoms with E-state index in [9.17, 15) is 0 Å². The first-order valence-corrected chi connectivity index (χ1v) is 6.31. The second-order valence-corrected chi connectivity index (χ2v) is 5.51. The Morgan fingerprint density at radius 3 is 2.53 bits per heavy atom. The maximum Gasteiger partial charge on any atom is 0.255 e. The molecule has 0 aliphatic heterocycles. The molecule has 0 saturated heterocycles. The van der Waals surface area contributed by atoms with Crippen LogP contribution in [0.1, 0.15) is 51.1 Å². The Labute approximate surface area is 113 Å². The molecule has 2 rings (SSSR count). The van der Waals surface area contributed by atoms with Crippen LogP contribution in [0.5, 0.6) is 0 Å². The van der Waals surface area contributed by atoms with Gasteiger partial charge in [-0.2, -0.15) is 4.98 Å². The highest BCUT2D eigenvalue weighted by atomic mass is 16.5. The quantitative estimate of drug-likeness (QED) is 0.846. The van der Waals surface area contributed by atoms with E-state index in [1.165, 1.54) is 0 Å². The molecule has 1 unspecified atom stereocenters. The molecule has 2 aromatic rings. The summed E-state index contributed by atoms with van der Waals surface area (Å²) in [6.45, 7) is 8.54. The fourth-order valence-corrected chi connectivity index (χ4v) is 1.48. The molecule has 0 aromatic carbocycles. The molecule has 0 fully saturated rings. The molecule has 0 spiro atoms. The van der Waals surface area contributed by atoms with Gasteiger partial charge in [0.15, 0.2) is 5.82 Å². The van der Waals surface area contributed by atoms with E-state index < -0.39 is 0 Å². The molecule has 5 heteroatoms. The standard InChI is InChI=1S/C14H19N3O2/c1-10(18-9-11-5-7-15-8-6-11)12-16-13(17-19-12)14(2,3)4/h5-8,10H,9H2,1-4H3. The largest absolute Gasteiger partial charge is 0.364 e. The predicted octanol–water partition coefficient (Wildman–Crippen LogP) is 3.04. The molecule has 0 bridgehead atoms. The zero-order valence-corrected chi connectivity index (χ0v) is 11.8. The van der Waals surface area contributed by atoms with Crippen molar-refractivity contribution < 1.29 is 9.26 Å². The van der Waals surface area contributed by atoms with Crippen LogP contribution in [0.2, 0.25) is 0 Å². The molecule has 5 nitrogen and oxygen atoms in total. The minimum Gasteiger partial charge on any atom is -0.364 e. The fraction of sp³-hybridized carbons (Fsp3) is 0.500. The number of ether oxygens (including phenoxy) is 1. The van der Waals surface area contributed by atoms with Gasteiger partial charge in [0.05, 0.1) is 6.61 Å². The van der Waals surface area contributed by atoms with Crippen LogP contribution in [0.3, 0.4) is 0 Å². The third-order valence-electron chi connectivity index (χ3n) is 2.71. The Morgan fingerprint density at radius 2 is 1.95 bits per heavy atom. The van der Waals surface area contributed by atoms with Crippen molar-refractivity contribution >= 4 is 0 Å². The highest BCUT2D eigenvalue weighted by Crippen LogP contribution is 2.22. The number of rotatable bonds is 4. The number of nitrogens with zero attached hydrogens (tertiary/aromatic N) is 3. The van der Waals surface area contributed by atoms with Gasteiger partial charge in [-0.3, -0.25) is 4.98 Å². The monoisotopic (exact) mass is 261 g/mol. The zero-order chi connectivity index (χ0) is 13.9. The molecule has 19 heavy (non-hydrogen) atoms. The summed E-state index contributed by atoms with van der Waals surface area (Å²) in [7, 11) is 0. The lowest BCUT2D eigenvalue weighted by atomic mass is 9.96. The average molecular weight is 261 g/mol. The van der Waals surface area contributed by atoms with Crippen molar-refractivity contribution in [3.05, 3.63) is 41.8 Å². The topological polar surface area (TPSA) is 61.0 Å². The van der Waals surface area contributed by atoms with Crippen LogP contribution in [0.25, 0.3) is 0 Å². The van der Waals surface area contributed by atoms with Crippen molar-refractivity contribution in [2.45, 2.75) is 45.8 Å². The van der Waals surface area contributed by atoms with Crippen LogP contribution in [-0.4, -0.2) is 15.1 Å². The lowest BCUT2D eigenvalue weighted by molar-refractivity contribution is 0.0307. The van der Waals surface area contributed by atoms with Crippen LogP contribution < -0.4 is 0 Å². The maximum atomic E-state index is 5.72. The van der Waals surface area contributed by atoms with E-state index >= 15 is 0 Å². The summed E-state index contributed by atoms with van der Waals surface area (Å²) in [6.07, 6.45) is 3.26. The van der Waals surface area contributed by atoms with Crippen molar-refractivity contribution in [1.29, 1.82) is 0 Å². The molecule has 1 atom stereocenters. The van der Waals surface area contributed by atoms with Gasteiger partial charge in [0, 0.05) is 17.8 Å². The van der Waals surface area contributed by atoms with Gasteiger partial charge in [0.1, 0.15) is 6.10 Å². The highest BCUT2D eigenvalue weighted by molar-refractivity contribution is 5.08. The summed E-state index contributed by atoms with van der Waals surface area (Å²) in [5.74, 6) is 1.21. The minimum atomic E-state index is -0.225. The number of hydrogen-bond acceptors (Lipinski definition) is 5. The Morgan fingerprint density at radius 1 is 1.26 bits per heavy atom. The third-order valence-corrected chi connectivity index (χ3v) is 2.71. The summed E-state index contributed by atoms with van der Waals surface area (Å²) < 4.78 is 11.0. The van der Waals surface area contributed by atoms with Crippen LogP contribution in [0, 0.1) is 0 Å². The first-order chi connectivity index (χ1) is 8.97. The highest BCUT2D eigenvalue weighted by Gasteiger charge is 2.23. The molecule has 2 heterocycles. The summed E-state index contributed by atoms with van der Waals surface area (Å²) in [5, 5.41) is 3.99. The van der Waals surface area contributed by atoms with Crippen LogP contribution in [0.15, 0.2) is 29.0 Å². The number of pyridine rings is 1. The summed E-state index contributed by atoms with van der Waals surface area (Å²) in [6, 6.07) is 3.84. The Bertz CT molecular complexity index is 517. The first kappa shape index (κ1) is 13.7. The van der Waals surface area contributed by atoms with Crippen molar-refractivity contribution in [2.75, 3.05) is 0 Å². The molecule has 102 valence electrons. The maximum absolute atomic E-state index is 5.72. The summed E-state index contributed by atoms with van der Waals surface area (Å²) in [4.78, 5) is 8.34. The van der Waals surface area contributed by atoms with Crippen LogP contribution >= 0.6 is 0 Å². The van der Waals surface area contributed by atoms with Gasteiger partial charge in [0.2, 0.25) is 0 Å². The normalized spacial score (nSPS) is 13.5. The second-order valence-electron chi connectivity index (χ2n) is 5.51. The Kier molecular flexibility index (Phi) is 3.95. The molecular formula is C14H19N3O2. The van der Waals surface area contributed by atoms with E-state index in [4.69, 9.17) is 9.26 Å². The number of hydrogen-bond donors (Lipinski definition) is 0. The van der Waals surface area contributed by atoms with Gasteiger partial charge in [-0.15, -0.1) is 0 Å². The molecular weight excluding hydrogens is 242 g/mol. The SMILES string of the molecule is CC(OCc1ccncc1)c1nc(C(C)(C)C)no1. The van der Waals surface area contributed by atoms with Crippen molar-refractivity contribution in [2.24, 2.45) is 0 Å². The predicted molar refractivity (Wildman–Crippen MR) is 70.4 cm³/mol. The Hall–Kier alpha value is -1.75. The van der Waals surface area contributed by atoms with Crippen LogP contribution in [-0.2, 0) is 16.8 Å². The lowest BCUT2D eigenvalue weighted by Crippen LogP contribution is -2.13. The molecule has 2 aromatic heterocycles. The molecule has 0 saturated carbocycles. The van der Waals surface area contributed by atoms with E-state index in [1.807, 2.05) is 39.8 Å². The van der Waals surface area contributed by atoms with Crippen molar-refractivity contribution in [1.82, 2.24) is 15.1 Å². The summed E-state index contributed by atoms with van der Waals surface area (Å²) >= 11 is 0. The minimum absolute atomic E-state index is 0.118. The molecule has 0 N–H and O–H groups in total. The fourth-order valence-electron chi connectivity index (χ4n) is 1.48. The molecule has 0 radical (unpaired) electrons.